The van der Waals surface area contributed by atoms with E-state index in [-0.39, 0.29) is 6.03 Å². The second-order valence-electron chi connectivity index (χ2n) is 4.48. The van der Waals surface area contributed by atoms with Crippen molar-refractivity contribution in [1.29, 1.82) is 0 Å². The van der Waals surface area contributed by atoms with E-state index in [1.165, 1.54) is 11.3 Å². The number of carboxylic acids is 1. The van der Waals surface area contributed by atoms with Gasteiger partial charge >= 0.3 is 12.0 Å². The molecule has 1 rings (SSSR count). The molecule has 2 N–H and O–H groups in total. The zero-order chi connectivity index (χ0) is 14.4. The summed E-state index contributed by atoms with van der Waals surface area (Å²) in [5.74, 6) is -1.29. The van der Waals surface area contributed by atoms with Gasteiger partial charge in [0.1, 0.15) is 0 Å². The number of carbonyl (C=O) groups is 2. The van der Waals surface area contributed by atoms with E-state index < -0.39 is 11.9 Å². The maximum atomic E-state index is 11.8. The molecular weight excluding hydrogens is 266 g/mol. The fraction of sp³-hybridized carbons (Fsp3) is 0.583. The molecule has 1 aromatic rings. The summed E-state index contributed by atoms with van der Waals surface area (Å²) < 4.78 is 0. The number of urea groups is 1. The first-order valence-corrected chi connectivity index (χ1v) is 6.90. The third-order valence-electron chi connectivity index (χ3n) is 2.85. The Kier molecular flexibility index (Phi) is 5.75. The first-order chi connectivity index (χ1) is 8.91. The molecule has 0 aliphatic carbocycles. The van der Waals surface area contributed by atoms with E-state index in [2.05, 4.69) is 10.3 Å². The standard InChI is InChI=1S/C12H19N3O3S/c1-8(11(16)17)4-5-13-12(18)15(3)6-10-9(2)14-7-19-10/h7-8H,4-6H2,1-3H3,(H,13,18)(H,16,17). The number of nitrogens with one attached hydrogen (secondary N) is 1. The summed E-state index contributed by atoms with van der Waals surface area (Å²) in [7, 11) is 1.70. The van der Waals surface area contributed by atoms with Crippen LogP contribution in [0, 0.1) is 12.8 Å². The van der Waals surface area contributed by atoms with Gasteiger partial charge in [0.05, 0.1) is 23.7 Å². The quantitative estimate of drug-likeness (QED) is 0.833. The van der Waals surface area contributed by atoms with E-state index >= 15 is 0 Å². The van der Waals surface area contributed by atoms with Crippen LogP contribution in [0.25, 0.3) is 0 Å². The number of carbonyl (C=O) groups excluding carboxylic acids is 1. The molecule has 0 bridgehead atoms. The molecule has 0 spiro atoms. The second-order valence-corrected chi connectivity index (χ2v) is 5.42. The van der Waals surface area contributed by atoms with Gasteiger partial charge in [0.2, 0.25) is 0 Å². The predicted molar refractivity (Wildman–Crippen MR) is 73.1 cm³/mol. The summed E-state index contributed by atoms with van der Waals surface area (Å²) in [4.78, 5) is 29.2. The maximum Gasteiger partial charge on any atom is 0.317 e. The van der Waals surface area contributed by atoms with Gasteiger partial charge in [-0.1, -0.05) is 6.92 Å². The molecular formula is C12H19N3O3S. The normalized spacial score (nSPS) is 11.9. The van der Waals surface area contributed by atoms with Gasteiger partial charge in [0, 0.05) is 18.5 Å². The SMILES string of the molecule is Cc1ncsc1CN(C)C(=O)NCCC(C)C(=O)O. The lowest BCUT2D eigenvalue weighted by atomic mass is 10.1. The lowest BCUT2D eigenvalue weighted by molar-refractivity contribution is -0.141. The van der Waals surface area contributed by atoms with Crippen molar-refractivity contribution in [2.75, 3.05) is 13.6 Å². The Labute approximate surface area is 116 Å². The van der Waals surface area contributed by atoms with Crippen LogP contribution in [-0.4, -0.2) is 40.6 Å². The summed E-state index contributed by atoms with van der Waals surface area (Å²) >= 11 is 1.52. The van der Waals surface area contributed by atoms with Crippen LogP contribution in [0.5, 0.6) is 0 Å². The number of hydrogen-bond acceptors (Lipinski definition) is 4. The maximum absolute atomic E-state index is 11.8. The van der Waals surface area contributed by atoms with Crippen LogP contribution < -0.4 is 5.32 Å². The van der Waals surface area contributed by atoms with Crippen molar-refractivity contribution in [3.63, 3.8) is 0 Å². The summed E-state index contributed by atoms with van der Waals surface area (Å²) in [5.41, 5.74) is 2.69. The Hall–Kier alpha value is -1.63. The Morgan fingerprint density at radius 3 is 2.79 bits per heavy atom. The van der Waals surface area contributed by atoms with Crippen LogP contribution in [0.2, 0.25) is 0 Å². The van der Waals surface area contributed by atoms with Crippen molar-refractivity contribution >= 4 is 23.3 Å². The Morgan fingerprint density at radius 1 is 1.58 bits per heavy atom. The third-order valence-corrected chi connectivity index (χ3v) is 3.77. The first-order valence-electron chi connectivity index (χ1n) is 6.02. The molecule has 6 nitrogen and oxygen atoms in total. The Bertz CT molecular complexity index is 447. The minimum Gasteiger partial charge on any atom is -0.481 e. The Balaban J connectivity index is 2.33. The van der Waals surface area contributed by atoms with Gasteiger partial charge < -0.3 is 15.3 Å². The van der Waals surface area contributed by atoms with Crippen molar-refractivity contribution in [2.45, 2.75) is 26.8 Å². The van der Waals surface area contributed by atoms with E-state index in [0.29, 0.717) is 19.5 Å². The number of hydrogen-bond donors (Lipinski definition) is 2. The van der Waals surface area contributed by atoms with Crippen LogP contribution in [0.3, 0.4) is 0 Å². The molecule has 1 atom stereocenters. The van der Waals surface area contributed by atoms with Gasteiger partial charge in [-0.15, -0.1) is 11.3 Å². The molecule has 0 aliphatic heterocycles. The molecule has 0 aliphatic rings. The van der Waals surface area contributed by atoms with Crippen molar-refractivity contribution < 1.29 is 14.7 Å². The van der Waals surface area contributed by atoms with Crippen LogP contribution in [-0.2, 0) is 11.3 Å². The number of amides is 2. The van der Waals surface area contributed by atoms with Gasteiger partial charge in [0.25, 0.3) is 0 Å². The molecule has 0 fully saturated rings. The fourth-order valence-electron chi connectivity index (χ4n) is 1.42. The first kappa shape index (κ1) is 15.4. The minimum absolute atomic E-state index is 0.203. The van der Waals surface area contributed by atoms with E-state index in [0.717, 1.165) is 10.6 Å². The molecule has 0 saturated heterocycles. The largest absolute Gasteiger partial charge is 0.481 e. The molecule has 0 aromatic carbocycles. The second kappa shape index (κ2) is 7.08. The summed E-state index contributed by atoms with van der Waals surface area (Å²) in [6, 6.07) is -0.203. The number of aliphatic carboxylic acids is 1. The molecule has 1 unspecified atom stereocenters. The van der Waals surface area contributed by atoms with E-state index in [9.17, 15) is 9.59 Å². The average Bonchev–Trinajstić information content (AvgIpc) is 2.74. The number of carboxylic acid groups (broad SMARTS) is 1. The number of rotatable bonds is 6. The monoisotopic (exact) mass is 285 g/mol. The molecule has 2 amide bonds. The highest BCUT2D eigenvalue weighted by Gasteiger charge is 2.14. The summed E-state index contributed by atoms with van der Waals surface area (Å²) in [6.07, 6.45) is 0.425. The molecule has 106 valence electrons. The predicted octanol–water partition coefficient (Wildman–Crippen LogP) is 1.70. The summed E-state index contributed by atoms with van der Waals surface area (Å²) in [6.45, 7) is 4.40. The van der Waals surface area contributed by atoms with Crippen LogP contribution in [0.4, 0.5) is 4.79 Å². The minimum atomic E-state index is -0.845. The van der Waals surface area contributed by atoms with E-state index in [1.54, 1.807) is 24.4 Å². The molecule has 1 aromatic heterocycles. The molecule has 0 saturated carbocycles. The molecule has 0 radical (unpaired) electrons. The van der Waals surface area contributed by atoms with Crippen LogP contribution in [0.15, 0.2) is 5.51 Å². The Morgan fingerprint density at radius 2 is 2.26 bits per heavy atom. The lowest BCUT2D eigenvalue weighted by Crippen LogP contribution is -2.37. The van der Waals surface area contributed by atoms with Gasteiger partial charge in [-0.3, -0.25) is 4.79 Å². The lowest BCUT2D eigenvalue weighted by Gasteiger charge is -2.17. The zero-order valence-electron chi connectivity index (χ0n) is 11.3. The summed E-state index contributed by atoms with van der Waals surface area (Å²) in [5, 5.41) is 11.4. The highest BCUT2D eigenvalue weighted by Crippen LogP contribution is 2.14. The highest BCUT2D eigenvalue weighted by atomic mass is 32.1. The number of aromatic nitrogens is 1. The van der Waals surface area contributed by atoms with Gasteiger partial charge in [-0.2, -0.15) is 0 Å². The van der Waals surface area contributed by atoms with Crippen molar-refractivity contribution in [1.82, 2.24) is 15.2 Å². The number of nitrogens with zero attached hydrogens (tertiary/aromatic N) is 2. The molecule has 19 heavy (non-hydrogen) atoms. The van der Waals surface area contributed by atoms with E-state index in [1.807, 2.05) is 6.92 Å². The highest BCUT2D eigenvalue weighted by molar-refractivity contribution is 7.09. The smallest absolute Gasteiger partial charge is 0.317 e. The van der Waals surface area contributed by atoms with Crippen molar-refractivity contribution in [3.8, 4) is 0 Å². The molecule has 7 heteroatoms. The topological polar surface area (TPSA) is 82.5 Å². The van der Waals surface area contributed by atoms with Crippen LogP contribution >= 0.6 is 11.3 Å². The third kappa shape index (κ3) is 4.86. The van der Waals surface area contributed by atoms with Gasteiger partial charge in [-0.25, -0.2) is 9.78 Å². The zero-order valence-corrected chi connectivity index (χ0v) is 12.2. The van der Waals surface area contributed by atoms with Crippen LogP contribution in [0.1, 0.15) is 23.9 Å². The van der Waals surface area contributed by atoms with Gasteiger partial charge in [0.15, 0.2) is 0 Å². The number of thiazole rings is 1. The van der Waals surface area contributed by atoms with E-state index in [4.69, 9.17) is 5.11 Å². The average molecular weight is 285 g/mol. The van der Waals surface area contributed by atoms with Crippen molar-refractivity contribution in [2.24, 2.45) is 5.92 Å². The molecule has 1 heterocycles. The van der Waals surface area contributed by atoms with Crippen molar-refractivity contribution in [3.05, 3.63) is 16.1 Å². The fourth-order valence-corrected chi connectivity index (χ4v) is 2.25. The van der Waals surface area contributed by atoms with Gasteiger partial charge in [-0.05, 0) is 13.3 Å². The number of aryl methyl sites for hydroxylation is 1.